The van der Waals surface area contributed by atoms with Crippen LogP contribution in [0.4, 0.5) is 16.2 Å². The minimum absolute atomic E-state index is 0.229. The molecule has 3 aromatic rings. The molecule has 0 aromatic heterocycles. The van der Waals surface area contributed by atoms with Gasteiger partial charge in [-0.25, -0.2) is 9.79 Å². The largest absolute Gasteiger partial charge is 0.321 e. The summed E-state index contributed by atoms with van der Waals surface area (Å²) in [6, 6.07) is 23.0. The Balaban J connectivity index is 1.71. The highest BCUT2D eigenvalue weighted by atomic mass is 16.2. The van der Waals surface area contributed by atoms with Gasteiger partial charge >= 0.3 is 6.03 Å². The van der Waals surface area contributed by atoms with Crippen molar-refractivity contribution in [2.45, 2.75) is 45.7 Å². The number of likely N-dealkylation sites (N-methyl/N-ethyl adjacent to an activating group) is 1. The fourth-order valence-electron chi connectivity index (χ4n) is 4.41. The van der Waals surface area contributed by atoms with Crippen molar-refractivity contribution in [3.63, 3.8) is 0 Å². The first kappa shape index (κ1) is 24.2. The third-order valence-corrected chi connectivity index (χ3v) is 6.27. The standard InChI is InChI=1S/C29H32N4O2/c1-18(2)21-15-11-16-22(19(3)4)26(21)31-29(35)32-27-28(34)33(5)24-17-10-9-14-23(24)25(30-27)20-12-7-6-8-13-20/h6-19,27H,1-5H3,(H2,31,32,35). The van der Waals surface area contributed by atoms with Gasteiger partial charge in [-0.05, 0) is 29.0 Å². The second kappa shape index (κ2) is 10.1. The summed E-state index contributed by atoms with van der Waals surface area (Å²) in [6.45, 7) is 8.39. The number of nitrogens with zero attached hydrogens (tertiary/aromatic N) is 2. The predicted octanol–water partition coefficient (Wildman–Crippen LogP) is 5.90. The van der Waals surface area contributed by atoms with Crippen LogP contribution < -0.4 is 15.5 Å². The van der Waals surface area contributed by atoms with Gasteiger partial charge in [0.05, 0.1) is 11.4 Å². The molecule has 0 aliphatic carbocycles. The smallest absolute Gasteiger partial charge is 0.311 e. The molecule has 4 rings (SSSR count). The average Bonchev–Trinajstić information content (AvgIpc) is 2.95. The summed E-state index contributed by atoms with van der Waals surface area (Å²) in [5.41, 5.74) is 6.02. The number of fused-ring (bicyclic) bond motifs is 1. The van der Waals surface area contributed by atoms with E-state index in [0.717, 1.165) is 33.6 Å². The summed E-state index contributed by atoms with van der Waals surface area (Å²) >= 11 is 0. The number of anilines is 2. The van der Waals surface area contributed by atoms with E-state index in [1.165, 1.54) is 0 Å². The second-order valence-corrected chi connectivity index (χ2v) is 9.38. The second-order valence-electron chi connectivity index (χ2n) is 9.38. The molecule has 3 amide bonds. The summed E-state index contributed by atoms with van der Waals surface area (Å²) in [5.74, 6) is 0.151. The van der Waals surface area contributed by atoms with Gasteiger partial charge in [0.15, 0.2) is 0 Å². The van der Waals surface area contributed by atoms with E-state index in [2.05, 4.69) is 38.3 Å². The third-order valence-electron chi connectivity index (χ3n) is 6.27. The van der Waals surface area contributed by atoms with Gasteiger partial charge in [-0.3, -0.25) is 4.79 Å². The molecule has 1 heterocycles. The van der Waals surface area contributed by atoms with Crippen LogP contribution in [0.1, 0.15) is 61.8 Å². The van der Waals surface area contributed by atoms with E-state index in [-0.39, 0.29) is 17.7 Å². The SMILES string of the molecule is CC(C)c1cccc(C(C)C)c1NC(=O)NC1N=C(c2ccccc2)c2ccccc2N(C)C1=O. The van der Waals surface area contributed by atoms with Crippen molar-refractivity contribution < 1.29 is 9.59 Å². The van der Waals surface area contributed by atoms with Crippen LogP contribution in [0.15, 0.2) is 77.8 Å². The van der Waals surface area contributed by atoms with Crippen molar-refractivity contribution in [3.05, 3.63) is 95.1 Å². The molecule has 0 spiro atoms. The maximum absolute atomic E-state index is 13.4. The zero-order valence-corrected chi connectivity index (χ0v) is 20.9. The monoisotopic (exact) mass is 468 g/mol. The number of amides is 3. The molecule has 2 N–H and O–H groups in total. The summed E-state index contributed by atoms with van der Waals surface area (Å²) < 4.78 is 0. The number of benzodiazepines with no additional fused rings is 1. The Kier molecular flexibility index (Phi) is 7.01. The van der Waals surface area contributed by atoms with E-state index in [1.807, 2.05) is 72.8 Å². The van der Waals surface area contributed by atoms with Gasteiger partial charge in [0.25, 0.3) is 5.91 Å². The van der Waals surface area contributed by atoms with Gasteiger partial charge in [0, 0.05) is 23.9 Å². The number of carbonyl (C=O) groups excluding carboxylic acids is 2. The number of carbonyl (C=O) groups is 2. The van der Waals surface area contributed by atoms with Crippen molar-refractivity contribution in [3.8, 4) is 0 Å². The molecule has 180 valence electrons. The zero-order chi connectivity index (χ0) is 25.1. The summed E-state index contributed by atoms with van der Waals surface area (Å²) in [6.07, 6.45) is -1.07. The molecule has 0 saturated heterocycles. The molecule has 6 nitrogen and oxygen atoms in total. The Hall–Kier alpha value is -3.93. The highest BCUT2D eigenvalue weighted by Crippen LogP contribution is 2.32. The van der Waals surface area contributed by atoms with Crippen LogP contribution in [-0.4, -0.2) is 30.9 Å². The topological polar surface area (TPSA) is 73.8 Å². The summed E-state index contributed by atoms with van der Waals surface area (Å²) in [7, 11) is 1.71. The zero-order valence-electron chi connectivity index (χ0n) is 20.9. The number of rotatable bonds is 5. The van der Waals surface area contributed by atoms with Crippen LogP contribution in [0.3, 0.4) is 0 Å². The number of nitrogens with one attached hydrogen (secondary N) is 2. The van der Waals surface area contributed by atoms with Crippen LogP contribution in [0.25, 0.3) is 0 Å². The number of hydrogen-bond acceptors (Lipinski definition) is 3. The Labute approximate surface area is 207 Å². The van der Waals surface area contributed by atoms with Crippen molar-refractivity contribution in [1.29, 1.82) is 0 Å². The van der Waals surface area contributed by atoms with Crippen LogP contribution in [0.2, 0.25) is 0 Å². The Morgan fingerprint density at radius 3 is 2.09 bits per heavy atom. The lowest BCUT2D eigenvalue weighted by Gasteiger charge is -2.23. The van der Waals surface area contributed by atoms with Gasteiger partial charge in [0.1, 0.15) is 0 Å². The van der Waals surface area contributed by atoms with Crippen molar-refractivity contribution >= 4 is 29.0 Å². The molecule has 35 heavy (non-hydrogen) atoms. The molecule has 1 aliphatic rings. The van der Waals surface area contributed by atoms with Gasteiger partial charge < -0.3 is 15.5 Å². The fraction of sp³-hybridized carbons (Fsp3) is 0.276. The summed E-state index contributed by atoms with van der Waals surface area (Å²) in [5, 5.41) is 5.86. The van der Waals surface area contributed by atoms with Crippen LogP contribution >= 0.6 is 0 Å². The first-order valence-electron chi connectivity index (χ1n) is 12.0. The Morgan fingerprint density at radius 2 is 1.46 bits per heavy atom. The molecule has 0 bridgehead atoms. The molecular weight excluding hydrogens is 436 g/mol. The lowest BCUT2D eigenvalue weighted by molar-refractivity contribution is -0.119. The molecular formula is C29H32N4O2. The van der Waals surface area contributed by atoms with E-state index in [1.54, 1.807) is 11.9 Å². The van der Waals surface area contributed by atoms with E-state index >= 15 is 0 Å². The lowest BCUT2D eigenvalue weighted by atomic mass is 9.93. The maximum atomic E-state index is 13.4. The third kappa shape index (κ3) is 4.97. The highest BCUT2D eigenvalue weighted by Gasteiger charge is 2.31. The van der Waals surface area contributed by atoms with Crippen LogP contribution in [0, 0.1) is 0 Å². The number of urea groups is 1. The lowest BCUT2D eigenvalue weighted by Crippen LogP contribution is -2.47. The van der Waals surface area contributed by atoms with E-state index < -0.39 is 12.2 Å². The summed E-state index contributed by atoms with van der Waals surface area (Å²) in [4.78, 5) is 33.0. The molecule has 0 saturated carbocycles. The van der Waals surface area contributed by atoms with E-state index in [9.17, 15) is 9.59 Å². The minimum Gasteiger partial charge on any atom is -0.311 e. The molecule has 1 aliphatic heterocycles. The van der Waals surface area contributed by atoms with Crippen molar-refractivity contribution in [1.82, 2.24) is 5.32 Å². The first-order valence-corrected chi connectivity index (χ1v) is 12.0. The average molecular weight is 469 g/mol. The normalized spacial score (nSPS) is 15.5. The molecule has 6 heteroatoms. The van der Waals surface area contributed by atoms with Crippen molar-refractivity contribution in [2.24, 2.45) is 4.99 Å². The predicted molar refractivity (Wildman–Crippen MR) is 142 cm³/mol. The number of benzene rings is 3. The Morgan fingerprint density at radius 1 is 0.857 bits per heavy atom. The number of para-hydroxylation sites is 2. The molecule has 0 radical (unpaired) electrons. The molecule has 1 atom stereocenters. The highest BCUT2D eigenvalue weighted by molar-refractivity contribution is 6.20. The van der Waals surface area contributed by atoms with Gasteiger partial charge in [-0.15, -0.1) is 0 Å². The number of aliphatic imine (C=N–C) groups is 1. The quantitative estimate of drug-likeness (QED) is 0.490. The van der Waals surface area contributed by atoms with Gasteiger partial charge in [-0.1, -0.05) is 94.4 Å². The van der Waals surface area contributed by atoms with E-state index in [4.69, 9.17) is 4.99 Å². The van der Waals surface area contributed by atoms with Gasteiger partial charge in [-0.2, -0.15) is 0 Å². The van der Waals surface area contributed by atoms with Crippen molar-refractivity contribution in [2.75, 3.05) is 17.3 Å². The Bertz CT molecular complexity index is 1240. The van der Waals surface area contributed by atoms with Crippen LogP contribution in [-0.2, 0) is 4.79 Å². The first-order chi connectivity index (χ1) is 16.8. The molecule has 3 aromatic carbocycles. The minimum atomic E-state index is -1.07. The van der Waals surface area contributed by atoms with E-state index in [0.29, 0.717) is 5.71 Å². The number of hydrogen-bond donors (Lipinski definition) is 2. The van der Waals surface area contributed by atoms with Gasteiger partial charge in [0.2, 0.25) is 6.17 Å². The molecule has 1 unspecified atom stereocenters. The molecule has 0 fully saturated rings. The maximum Gasteiger partial charge on any atom is 0.321 e. The fourth-order valence-corrected chi connectivity index (χ4v) is 4.41. The van der Waals surface area contributed by atoms with Crippen LogP contribution in [0.5, 0.6) is 0 Å².